The molecule has 2 heterocycles. The highest BCUT2D eigenvalue weighted by atomic mass is 35.5. The van der Waals surface area contributed by atoms with E-state index in [1.807, 2.05) is 18.2 Å². The minimum absolute atomic E-state index is 0.235. The lowest BCUT2D eigenvalue weighted by Crippen LogP contribution is -2.23. The summed E-state index contributed by atoms with van der Waals surface area (Å²) in [7, 11) is 0. The van der Waals surface area contributed by atoms with Crippen LogP contribution in [0.2, 0.25) is 10.0 Å². The van der Waals surface area contributed by atoms with E-state index in [-0.39, 0.29) is 16.5 Å². The van der Waals surface area contributed by atoms with Gasteiger partial charge in [-0.1, -0.05) is 29.3 Å². The topological polar surface area (TPSA) is 71.5 Å². The predicted molar refractivity (Wildman–Crippen MR) is 113 cm³/mol. The molecule has 1 fully saturated rings. The monoisotopic (exact) mass is 427 g/mol. The number of ether oxygens (including phenoxy) is 1. The van der Waals surface area contributed by atoms with Crippen LogP contribution in [0.15, 0.2) is 60.8 Å². The first-order valence-electron chi connectivity index (χ1n) is 8.79. The molecule has 1 N–H and O–H groups in total. The number of carbonyl (C=O) groups excluding carboxylic acids is 2. The molecule has 1 saturated heterocycles. The van der Waals surface area contributed by atoms with E-state index in [9.17, 15) is 9.59 Å². The molecule has 146 valence electrons. The Kier molecular flexibility index (Phi) is 5.38. The molecule has 0 atom stereocenters. The molecular formula is C21H15Cl2N3O3. The van der Waals surface area contributed by atoms with E-state index in [0.29, 0.717) is 40.8 Å². The SMILES string of the molecule is O=C(Nc1ccc(Cl)c(-c2ccccn2)c1)c1ccc(N2CCOC2=O)cc1Cl. The van der Waals surface area contributed by atoms with Crippen molar-refractivity contribution in [3.8, 4) is 11.3 Å². The normalized spacial score (nSPS) is 13.3. The number of rotatable bonds is 4. The van der Waals surface area contributed by atoms with Crippen molar-refractivity contribution in [1.82, 2.24) is 4.98 Å². The number of anilines is 2. The van der Waals surface area contributed by atoms with E-state index in [2.05, 4.69) is 10.3 Å². The van der Waals surface area contributed by atoms with E-state index >= 15 is 0 Å². The van der Waals surface area contributed by atoms with Gasteiger partial charge in [-0.15, -0.1) is 0 Å². The summed E-state index contributed by atoms with van der Waals surface area (Å²) < 4.78 is 4.92. The van der Waals surface area contributed by atoms with E-state index < -0.39 is 6.09 Å². The van der Waals surface area contributed by atoms with Gasteiger partial charge in [-0.25, -0.2) is 4.79 Å². The van der Waals surface area contributed by atoms with Crippen LogP contribution in [0.1, 0.15) is 10.4 Å². The van der Waals surface area contributed by atoms with E-state index in [1.54, 1.807) is 42.6 Å². The van der Waals surface area contributed by atoms with Gasteiger partial charge in [0.25, 0.3) is 5.91 Å². The number of aromatic nitrogens is 1. The summed E-state index contributed by atoms with van der Waals surface area (Å²) >= 11 is 12.6. The summed E-state index contributed by atoms with van der Waals surface area (Å²) in [6.07, 6.45) is 1.25. The van der Waals surface area contributed by atoms with Gasteiger partial charge in [0, 0.05) is 23.1 Å². The molecule has 0 saturated carbocycles. The molecule has 0 radical (unpaired) electrons. The van der Waals surface area contributed by atoms with Gasteiger partial charge in [-0.2, -0.15) is 0 Å². The molecule has 0 unspecified atom stereocenters. The molecule has 0 spiro atoms. The van der Waals surface area contributed by atoms with E-state index in [0.717, 1.165) is 0 Å². The van der Waals surface area contributed by atoms with Gasteiger partial charge in [0.2, 0.25) is 0 Å². The Bertz CT molecular complexity index is 1090. The molecule has 29 heavy (non-hydrogen) atoms. The molecule has 0 aliphatic carbocycles. The second-order valence-corrected chi connectivity index (χ2v) is 7.11. The van der Waals surface area contributed by atoms with Crippen molar-refractivity contribution in [1.29, 1.82) is 0 Å². The number of hydrogen-bond donors (Lipinski definition) is 1. The number of benzene rings is 2. The third kappa shape index (κ3) is 4.04. The van der Waals surface area contributed by atoms with Gasteiger partial charge in [0.05, 0.1) is 27.8 Å². The maximum Gasteiger partial charge on any atom is 0.414 e. The van der Waals surface area contributed by atoms with Gasteiger partial charge in [0.15, 0.2) is 0 Å². The zero-order valence-corrected chi connectivity index (χ0v) is 16.6. The first-order valence-corrected chi connectivity index (χ1v) is 9.54. The maximum atomic E-state index is 12.7. The molecule has 8 heteroatoms. The van der Waals surface area contributed by atoms with Gasteiger partial charge in [0.1, 0.15) is 6.61 Å². The number of nitrogens with zero attached hydrogens (tertiary/aromatic N) is 2. The van der Waals surface area contributed by atoms with Gasteiger partial charge in [-0.3, -0.25) is 14.7 Å². The van der Waals surface area contributed by atoms with Crippen LogP contribution in [0.5, 0.6) is 0 Å². The zero-order valence-electron chi connectivity index (χ0n) is 15.1. The van der Waals surface area contributed by atoms with Crippen molar-refractivity contribution in [3.63, 3.8) is 0 Å². The molecule has 2 aromatic carbocycles. The van der Waals surface area contributed by atoms with Crippen LogP contribution in [-0.2, 0) is 4.74 Å². The van der Waals surface area contributed by atoms with Crippen LogP contribution in [0.4, 0.5) is 16.2 Å². The summed E-state index contributed by atoms with van der Waals surface area (Å²) in [6.45, 7) is 0.773. The zero-order chi connectivity index (χ0) is 20.4. The number of carbonyl (C=O) groups is 2. The molecule has 4 rings (SSSR count). The lowest BCUT2D eigenvalue weighted by Gasteiger charge is -2.14. The first-order chi connectivity index (χ1) is 14.0. The standard InChI is InChI=1S/C21H15Cl2N3O3/c22-17-7-4-13(11-16(17)19-3-1-2-8-24-19)25-20(27)15-6-5-14(12-18(15)23)26-9-10-29-21(26)28/h1-8,11-12H,9-10H2,(H,25,27). The number of amides is 2. The Labute approximate surface area is 177 Å². The lowest BCUT2D eigenvalue weighted by atomic mass is 10.1. The largest absolute Gasteiger partial charge is 0.447 e. The van der Waals surface area contributed by atoms with Crippen molar-refractivity contribution in [2.24, 2.45) is 0 Å². The molecule has 1 aliphatic rings. The van der Waals surface area contributed by atoms with Crippen molar-refractivity contribution >= 4 is 46.6 Å². The predicted octanol–water partition coefficient (Wildman–Crippen LogP) is 5.26. The number of nitrogens with one attached hydrogen (secondary N) is 1. The van der Waals surface area contributed by atoms with Crippen molar-refractivity contribution < 1.29 is 14.3 Å². The maximum absolute atomic E-state index is 12.7. The molecule has 0 bridgehead atoms. The van der Waals surface area contributed by atoms with Crippen LogP contribution in [0.3, 0.4) is 0 Å². The van der Waals surface area contributed by atoms with E-state index in [4.69, 9.17) is 27.9 Å². The Morgan fingerprint density at radius 3 is 2.62 bits per heavy atom. The Hall–Kier alpha value is -3.09. The fourth-order valence-corrected chi connectivity index (χ4v) is 3.48. The summed E-state index contributed by atoms with van der Waals surface area (Å²) in [4.78, 5) is 30.2. The Morgan fingerprint density at radius 1 is 1.07 bits per heavy atom. The third-order valence-corrected chi connectivity index (χ3v) is 5.08. The number of hydrogen-bond acceptors (Lipinski definition) is 4. The lowest BCUT2D eigenvalue weighted by molar-refractivity contribution is 0.102. The number of halogens is 2. The average molecular weight is 428 g/mol. The van der Waals surface area contributed by atoms with Crippen LogP contribution in [0, 0.1) is 0 Å². The quantitative estimate of drug-likeness (QED) is 0.615. The molecule has 1 aliphatic heterocycles. The minimum atomic E-state index is -0.429. The smallest absolute Gasteiger partial charge is 0.414 e. The summed E-state index contributed by atoms with van der Waals surface area (Å²) in [5.41, 5.74) is 2.84. The highest BCUT2D eigenvalue weighted by molar-refractivity contribution is 6.35. The van der Waals surface area contributed by atoms with Crippen LogP contribution < -0.4 is 10.2 Å². The van der Waals surface area contributed by atoms with Crippen molar-refractivity contribution in [2.75, 3.05) is 23.4 Å². The van der Waals surface area contributed by atoms with Crippen LogP contribution in [0.25, 0.3) is 11.3 Å². The number of cyclic esters (lactones) is 1. The molecule has 3 aromatic rings. The molecule has 1 aromatic heterocycles. The fourth-order valence-electron chi connectivity index (χ4n) is 3.00. The van der Waals surface area contributed by atoms with Gasteiger partial charge in [-0.05, 0) is 48.5 Å². The number of pyridine rings is 1. The van der Waals surface area contributed by atoms with Gasteiger partial charge >= 0.3 is 6.09 Å². The molecule has 2 amide bonds. The van der Waals surface area contributed by atoms with E-state index in [1.165, 1.54) is 4.90 Å². The van der Waals surface area contributed by atoms with Crippen molar-refractivity contribution in [3.05, 3.63) is 76.4 Å². The molecular weight excluding hydrogens is 413 g/mol. The second-order valence-electron chi connectivity index (χ2n) is 6.29. The summed E-state index contributed by atoms with van der Waals surface area (Å²) in [5.74, 6) is -0.375. The molecule has 6 nitrogen and oxygen atoms in total. The van der Waals surface area contributed by atoms with Gasteiger partial charge < -0.3 is 10.1 Å². The summed E-state index contributed by atoms with van der Waals surface area (Å²) in [6, 6.07) is 15.5. The van der Waals surface area contributed by atoms with Crippen LogP contribution in [-0.4, -0.2) is 30.1 Å². The Balaban J connectivity index is 1.56. The second kappa shape index (κ2) is 8.11. The highest BCUT2D eigenvalue weighted by Gasteiger charge is 2.24. The third-order valence-electron chi connectivity index (χ3n) is 4.43. The summed E-state index contributed by atoms with van der Waals surface area (Å²) in [5, 5.41) is 3.58. The first kappa shape index (κ1) is 19.2. The average Bonchev–Trinajstić information content (AvgIpc) is 3.16. The highest BCUT2D eigenvalue weighted by Crippen LogP contribution is 2.30. The van der Waals surface area contributed by atoms with Crippen molar-refractivity contribution in [2.45, 2.75) is 0 Å². The Morgan fingerprint density at radius 2 is 1.93 bits per heavy atom. The minimum Gasteiger partial charge on any atom is -0.447 e. The van der Waals surface area contributed by atoms with Crippen LogP contribution >= 0.6 is 23.2 Å². The fraction of sp³-hybridized carbons (Fsp3) is 0.0952.